The Bertz CT molecular complexity index is 546. The van der Waals surface area contributed by atoms with E-state index in [9.17, 15) is 9.18 Å². The van der Waals surface area contributed by atoms with Gasteiger partial charge >= 0.3 is 6.09 Å². The van der Waals surface area contributed by atoms with Gasteiger partial charge in [-0.25, -0.2) is 9.18 Å². The second kappa shape index (κ2) is 7.20. The lowest BCUT2D eigenvalue weighted by Crippen LogP contribution is -2.42. The minimum Gasteiger partial charge on any atom is -0.444 e. The van der Waals surface area contributed by atoms with Gasteiger partial charge in [-0.2, -0.15) is 0 Å². The molecule has 1 aromatic rings. The van der Waals surface area contributed by atoms with Gasteiger partial charge in [0.25, 0.3) is 0 Å². The molecule has 1 N–H and O–H groups in total. The number of halogens is 1. The Balaban J connectivity index is 1.77. The number of benzene rings is 1. The molecule has 0 unspecified atom stereocenters. The van der Waals surface area contributed by atoms with E-state index >= 15 is 0 Å². The predicted molar refractivity (Wildman–Crippen MR) is 90.2 cm³/mol. The molecule has 1 aliphatic rings. The van der Waals surface area contributed by atoms with Crippen molar-refractivity contribution in [3.63, 3.8) is 0 Å². The number of hydrogen-bond acceptors (Lipinski definition) is 3. The first-order valence-electron chi connectivity index (χ1n) is 8.22. The minimum atomic E-state index is -0.449. The fourth-order valence-corrected chi connectivity index (χ4v) is 2.73. The zero-order valence-corrected chi connectivity index (χ0v) is 14.5. The van der Waals surface area contributed by atoms with E-state index < -0.39 is 5.60 Å². The summed E-state index contributed by atoms with van der Waals surface area (Å²) in [6.07, 6.45) is 1.68. The number of ether oxygens (including phenoxy) is 1. The third kappa shape index (κ3) is 5.41. The summed E-state index contributed by atoms with van der Waals surface area (Å²) >= 11 is 0. The lowest BCUT2D eigenvalue weighted by atomic mass is 9.97. The Hall–Kier alpha value is -1.78. The van der Waals surface area contributed by atoms with Crippen molar-refractivity contribution in [3.05, 3.63) is 29.6 Å². The topological polar surface area (TPSA) is 41.6 Å². The van der Waals surface area contributed by atoms with E-state index in [-0.39, 0.29) is 11.9 Å². The quantitative estimate of drug-likeness (QED) is 0.907. The summed E-state index contributed by atoms with van der Waals surface area (Å²) in [5, 5.41) is 3.39. The maximum atomic E-state index is 13.1. The van der Waals surface area contributed by atoms with Gasteiger partial charge in [0.2, 0.25) is 0 Å². The third-order valence-electron chi connectivity index (χ3n) is 4.04. The lowest BCUT2D eigenvalue weighted by molar-refractivity contribution is 0.0188. The van der Waals surface area contributed by atoms with Gasteiger partial charge in [-0.05, 0) is 70.2 Å². The number of anilines is 1. The van der Waals surface area contributed by atoms with E-state index in [1.54, 1.807) is 11.0 Å². The van der Waals surface area contributed by atoms with Crippen LogP contribution in [0.15, 0.2) is 18.2 Å². The third-order valence-corrected chi connectivity index (χ3v) is 4.04. The van der Waals surface area contributed by atoms with Crippen LogP contribution in [0.3, 0.4) is 0 Å². The summed E-state index contributed by atoms with van der Waals surface area (Å²) in [5.41, 5.74) is 1.44. The highest BCUT2D eigenvalue weighted by molar-refractivity contribution is 5.68. The van der Waals surface area contributed by atoms with Crippen LogP contribution in [0.2, 0.25) is 0 Å². The van der Waals surface area contributed by atoms with Gasteiger partial charge < -0.3 is 15.0 Å². The fraction of sp³-hybridized carbons (Fsp3) is 0.611. The number of aryl methyl sites for hydroxylation is 1. The second-order valence-corrected chi connectivity index (χ2v) is 7.25. The van der Waals surface area contributed by atoms with Crippen LogP contribution in [0.1, 0.15) is 39.2 Å². The molecule has 1 heterocycles. The first-order chi connectivity index (χ1) is 10.7. The van der Waals surface area contributed by atoms with Gasteiger partial charge in [0.15, 0.2) is 0 Å². The second-order valence-electron chi connectivity index (χ2n) is 7.25. The number of hydrogen-bond donors (Lipinski definition) is 1. The highest BCUT2D eigenvalue weighted by atomic mass is 19.1. The highest BCUT2D eigenvalue weighted by Gasteiger charge is 2.26. The summed E-state index contributed by atoms with van der Waals surface area (Å²) in [7, 11) is 0. The van der Waals surface area contributed by atoms with Crippen molar-refractivity contribution in [1.29, 1.82) is 0 Å². The molecule has 1 amide bonds. The predicted octanol–water partition coefficient (Wildman–Crippen LogP) is 4.19. The first-order valence-corrected chi connectivity index (χ1v) is 8.22. The van der Waals surface area contributed by atoms with Crippen molar-refractivity contribution < 1.29 is 13.9 Å². The molecule has 0 aromatic heterocycles. The van der Waals surface area contributed by atoms with E-state index in [2.05, 4.69) is 5.32 Å². The van der Waals surface area contributed by atoms with Gasteiger partial charge in [0.05, 0.1) is 0 Å². The van der Waals surface area contributed by atoms with Crippen molar-refractivity contribution in [2.24, 2.45) is 5.92 Å². The van der Waals surface area contributed by atoms with Gasteiger partial charge in [0, 0.05) is 25.3 Å². The molecule has 128 valence electrons. The largest absolute Gasteiger partial charge is 0.444 e. The Morgan fingerprint density at radius 2 is 2.00 bits per heavy atom. The Morgan fingerprint density at radius 1 is 1.35 bits per heavy atom. The number of carbonyl (C=O) groups is 1. The van der Waals surface area contributed by atoms with Crippen molar-refractivity contribution in [1.82, 2.24) is 4.90 Å². The first kappa shape index (κ1) is 17.6. The molecule has 0 aliphatic carbocycles. The van der Waals surface area contributed by atoms with Crippen LogP contribution < -0.4 is 5.32 Å². The van der Waals surface area contributed by atoms with Crippen molar-refractivity contribution in [3.8, 4) is 0 Å². The van der Waals surface area contributed by atoms with E-state index in [0.717, 1.165) is 43.7 Å². The van der Waals surface area contributed by atoms with E-state index in [0.29, 0.717) is 5.92 Å². The SMILES string of the molecule is Cc1cc(F)ccc1NCC1CCN(C(=O)OC(C)(C)C)CC1. The molecule has 1 saturated heterocycles. The summed E-state index contributed by atoms with van der Waals surface area (Å²) in [4.78, 5) is 13.8. The number of nitrogens with one attached hydrogen (secondary N) is 1. The molecule has 5 heteroatoms. The van der Waals surface area contributed by atoms with Crippen LogP contribution in [0.5, 0.6) is 0 Å². The standard InChI is InChI=1S/C18H27FN2O2/c1-13-11-15(19)5-6-16(13)20-12-14-7-9-21(10-8-14)17(22)23-18(2,3)4/h5-6,11,14,20H,7-10,12H2,1-4H3. The van der Waals surface area contributed by atoms with Crippen molar-refractivity contribution >= 4 is 11.8 Å². The van der Waals surface area contributed by atoms with Crippen LogP contribution in [-0.2, 0) is 4.74 Å². The molecule has 1 fully saturated rings. The van der Waals surface area contributed by atoms with Gasteiger partial charge in [-0.3, -0.25) is 0 Å². The van der Waals surface area contributed by atoms with Crippen LogP contribution in [-0.4, -0.2) is 36.2 Å². The summed E-state index contributed by atoms with van der Waals surface area (Å²) in [6, 6.07) is 4.79. The van der Waals surface area contributed by atoms with Crippen LogP contribution >= 0.6 is 0 Å². The van der Waals surface area contributed by atoms with Gasteiger partial charge in [-0.1, -0.05) is 0 Å². The van der Waals surface area contributed by atoms with Gasteiger partial charge in [0.1, 0.15) is 11.4 Å². The Kier molecular flexibility index (Phi) is 5.50. The zero-order valence-electron chi connectivity index (χ0n) is 14.5. The molecule has 4 nitrogen and oxygen atoms in total. The average molecular weight is 322 g/mol. The average Bonchev–Trinajstić information content (AvgIpc) is 2.45. The summed E-state index contributed by atoms with van der Waals surface area (Å²) in [6.45, 7) is 9.84. The molecule has 1 aliphatic heterocycles. The van der Waals surface area contributed by atoms with E-state index in [1.807, 2.05) is 27.7 Å². The van der Waals surface area contributed by atoms with Crippen molar-refractivity contribution in [2.75, 3.05) is 25.0 Å². The molecule has 0 spiro atoms. The van der Waals surface area contributed by atoms with E-state index in [4.69, 9.17) is 4.74 Å². The summed E-state index contributed by atoms with van der Waals surface area (Å²) < 4.78 is 18.5. The molecule has 2 rings (SSSR count). The molecule has 23 heavy (non-hydrogen) atoms. The fourth-order valence-electron chi connectivity index (χ4n) is 2.73. The van der Waals surface area contributed by atoms with Gasteiger partial charge in [-0.15, -0.1) is 0 Å². The maximum Gasteiger partial charge on any atom is 0.410 e. The maximum absolute atomic E-state index is 13.1. The summed E-state index contributed by atoms with van der Waals surface area (Å²) in [5.74, 6) is 0.303. The monoisotopic (exact) mass is 322 g/mol. The number of carbonyl (C=O) groups excluding carboxylic acids is 1. The Labute approximate surface area is 138 Å². The van der Waals surface area contributed by atoms with Crippen molar-refractivity contribution in [2.45, 2.75) is 46.1 Å². The highest BCUT2D eigenvalue weighted by Crippen LogP contribution is 2.22. The molecule has 0 bridgehead atoms. The number of piperidine rings is 1. The molecular formula is C18H27FN2O2. The Morgan fingerprint density at radius 3 is 2.57 bits per heavy atom. The molecule has 0 radical (unpaired) electrons. The molecule has 0 atom stereocenters. The minimum absolute atomic E-state index is 0.210. The number of likely N-dealkylation sites (tertiary alicyclic amines) is 1. The van der Waals surface area contributed by atoms with E-state index in [1.165, 1.54) is 12.1 Å². The smallest absolute Gasteiger partial charge is 0.410 e. The van der Waals surface area contributed by atoms with Crippen LogP contribution in [0, 0.1) is 18.7 Å². The number of nitrogens with zero attached hydrogens (tertiary/aromatic N) is 1. The molecular weight excluding hydrogens is 295 g/mol. The number of rotatable bonds is 3. The number of amides is 1. The van der Waals surface area contributed by atoms with Crippen LogP contribution in [0.4, 0.5) is 14.9 Å². The molecule has 1 aromatic carbocycles. The molecule has 0 saturated carbocycles. The zero-order chi connectivity index (χ0) is 17.0. The lowest BCUT2D eigenvalue weighted by Gasteiger charge is -2.33. The van der Waals surface area contributed by atoms with Crippen LogP contribution in [0.25, 0.3) is 0 Å². The normalized spacial score (nSPS) is 16.3.